The van der Waals surface area contributed by atoms with Crippen LogP contribution in [0, 0.1) is 0 Å². The van der Waals surface area contributed by atoms with Crippen LogP contribution in [0.3, 0.4) is 0 Å². The zero-order valence-corrected chi connectivity index (χ0v) is 23.5. The van der Waals surface area contributed by atoms with Crippen LogP contribution >= 0.6 is 23.2 Å². The molecule has 1 aliphatic heterocycles. The van der Waals surface area contributed by atoms with Gasteiger partial charge in [0.25, 0.3) is 17.4 Å². The molecule has 3 aromatic rings. The van der Waals surface area contributed by atoms with Crippen molar-refractivity contribution in [2.24, 2.45) is 0 Å². The molecule has 1 atom stereocenters. The Kier molecular flexibility index (Phi) is 8.18. The predicted octanol–water partition coefficient (Wildman–Crippen LogP) is 5.33. The van der Waals surface area contributed by atoms with Crippen LogP contribution in [-0.2, 0) is 19.1 Å². The highest BCUT2D eigenvalue weighted by atomic mass is 35.5. The van der Waals surface area contributed by atoms with Crippen molar-refractivity contribution in [2.45, 2.75) is 52.0 Å². The number of nitrogens with one attached hydrogen (secondary N) is 2. The van der Waals surface area contributed by atoms with Crippen LogP contribution in [0.1, 0.15) is 58.3 Å². The first kappa shape index (κ1) is 29.4. The topological polar surface area (TPSA) is 96.3 Å². The van der Waals surface area contributed by atoms with Gasteiger partial charge < -0.3 is 15.5 Å². The number of carbonyl (C=O) groups excluding carboxylic acids is 2. The zero-order chi connectivity index (χ0) is 29.5. The van der Waals surface area contributed by atoms with Crippen molar-refractivity contribution in [3.05, 3.63) is 84.7 Å². The minimum absolute atomic E-state index is 0.0918. The number of fused-ring (bicyclic) bond motifs is 1. The molecule has 13 heteroatoms. The third-order valence-corrected chi connectivity index (χ3v) is 7.12. The van der Waals surface area contributed by atoms with Crippen molar-refractivity contribution >= 4 is 41.0 Å². The predicted molar refractivity (Wildman–Crippen MR) is 146 cm³/mol. The molecule has 4 rings (SSSR count). The van der Waals surface area contributed by atoms with E-state index in [1.807, 2.05) is 13.8 Å². The Morgan fingerprint density at radius 2 is 1.75 bits per heavy atom. The Hall–Kier alpha value is -3.57. The molecule has 0 radical (unpaired) electrons. The lowest BCUT2D eigenvalue weighted by molar-refractivity contribution is -0.137. The van der Waals surface area contributed by atoms with Crippen molar-refractivity contribution in [1.29, 1.82) is 0 Å². The molecule has 1 aliphatic rings. The minimum atomic E-state index is -4.72. The summed E-state index contributed by atoms with van der Waals surface area (Å²) in [6.07, 6.45) is -4.61. The molecule has 8 nitrogen and oxygen atoms in total. The summed E-state index contributed by atoms with van der Waals surface area (Å²) in [6, 6.07) is 6.88. The van der Waals surface area contributed by atoms with Gasteiger partial charge in [0.05, 0.1) is 33.5 Å². The normalized spacial score (nSPS) is 15.2. The number of alkyl halides is 3. The molecule has 2 amide bonds. The van der Waals surface area contributed by atoms with Crippen molar-refractivity contribution in [1.82, 2.24) is 19.8 Å². The summed E-state index contributed by atoms with van der Waals surface area (Å²) in [5.41, 5.74) is -0.398. The smallest absolute Gasteiger partial charge is 0.355 e. The Morgan fingerprint density at radius 1 is 1.07 bits per heavy atom. The van der Waals surface area contributed by atoms with E-state index in [1.54, 1.807) is 13.0 Å². The third kappa shape index (κ3) is 5.66. The Bertz CT molecular complexity index is 1560. The largest absolute Gasteiger partial charge is 0.417 e. The fraction of sp³-hybridized carbons (Fsp3) is 0.333. The van der Waals surface area contributed by atoms with E-state index < -0.39 is 34.3 Å². The Morgan fingerprint density at radius 3 is 2.35 bits per heavy atom. The second-order valence-corrected chi connectivity index (χ2v) is 10.5. The van der Waals surface area contributed by atoms with Gasteiger partial charge in [0.15, 0.2) is 0 Å². The van der Waals surface area contributed by atoms with E-state index in [1.165, 1.54) is 34.7 Å². The lowest BCUT2D eigenvalue weighted by atomic mass is 9.98. The highest BCUT2D eigenvalue weighted by molar-refractivity contribution is 6.33. The molecule has 0 saturated heterocycles. The number of nitrogens with zero attached hydrogens (tertiary/aromatic N) is 3. The lowest BCUT2D eigenvalue weighted by Gasteiger charge is -2.35. The summed E-state index contributed by atoms with van der Waals surface area (Å²) >= 11 is 12.2. The number of aromatic nitrogens is 2. The van der Waals surface area contributed by atoms with E-state index in [0.717, 1.165) is 12.1 Å². The van der Waals surface area contributed by atoms with Gasteiger partial charge in [-0.15, -0.1) is 0 Å². The van der Waals surface area contributed by atoms with Gasteiger partial charge in [-0.2, -0.15) is 13.2 Å². The SMILES string of the molecule is CNC(=O)c1ccc(-n2c(NC(C)C)nc3c(c2=O)C[C@@H](C)N(C(=O)c2ccc(Cl)c(C(F)(F)F)c2)C3)c(Cl)c1. The number of anilines is 1. The second kappa shape index (κ2) is 11.1. The summed E-state index contributed by atoms with van der Waals surface area (Å²) in [5, 5.41) is 5.29. The maximum absolute atomic E-state index is 13.8. The van der Waals surface area contributed by atoms with Gasteiger partial charge in [-0.1, -0.05) is 23.2 Å². The molecule has 2 aromatic carbocycles. The summed E-state index contributed by atoms with van der Waals surface area (Å²) in [4.78, 5) is 45.2. The molecule has 2 heterocycles. The minimum Gasteiger partial charge on any atom is -0.355 e. The average molecular weight is 596 g/mol. The van der Waals surface area contributed by atoms with Crippen LogP contribution in [0.5, 0.6) is 0 Å². The average Bonchev–Trinajstić information content (AvgIpc) is 2.88. The molecule has 0 unspecified atom stereocenters. The van der Waals surface area contributed by atoms with E-state index in [4.69, 9.17) is 23.2 Å². The molecule has 40 heavy (non-hydrogen) atoms. The third-order valence-electron chi connectivity index (χ3n) is 6.49. The van der Waals surface area contributed by atoms with Gasteiger partial charge >= 0.3 is 6.18 Å². The molecular weight excluding hydrogens is 570 g/mol. The molecule has 0 spiro atoms. The number of amides is 2. The zero-order valence-electron chi connectivity index (χ0n) is 22.0. The maximum Gasteiger partial charge on any atom is 0.417 e. The van der Waals surface area contributed by atoms with Crippen molar-refractivity contribution in [2.75, 3.05) is 12.4 Å². The van der Waals surface area contributed by atoms with E-state index in [-0.39, 0.29) is 41.4 Å². The molecule has 0 saturated carbocycles. The van der Waals surface area contributed by atoms with E-state index in [2.05, 4.69) is 15.6 Å². The molecule has 0 aliphatic carbocycles. The molecule has 0 bridgehead atoms. The number of rotatable bonds is 5. The quantitative estimate of drug-likeness (QED) is 0.416. The fourth-order valence-corrected chi connectivity index (χ4v) is 5.01. The fourth-order valence-electron chi connectivity index (χ4n) is 4.52. The van der Waals surface area contributed by atoms with E-state index >= 15 is 0 Å². The van der Waals surface area contributed by atoms with Gasteiger partial charge in [0.1, 0.15) is 0 Å². The molecular formula is C27H26Cl2F3N5O3. The Labute approximate surface area is 238 Å². The molecule has 212 valence electrons. The Balaban J connectivity index is 1.78. The van der Waals surface area contributed by atoms with E-state index in [9.17, 15) is 27.6 Å². The van der Waals surface area contributed by atoms with Gasteiger partial charge in [-0.3, -0.25) is 14.4 Å². The first-order valence-corrected chi connectivity index (χ1v) is 13.1. The molecule has 0 fully saturated rings. The monoisotopic (exact) mass is 595 g/mol. The van der Waals surface area contributed by atoms with Crippen LogP contribution in [0.15, 0.2) is 41.2 Å². The van der Waals surface area contributed by atoms with Crippen LogP contribution < -0.4 is 16.2 Å². The number of hydrogen-bond acceptors (Lipinski definition) is 5. The van der Waals surface area contributed by atoms with Crippen molar-refractivity contribution in [3.8, 4) is 5.69 Å². The summed E-state index contributed by atoms with van der Waals surface area (Å²) in [5.74, 6) is -0.815. The maximum atomic E-state index is 13.8. The second-order valence-electron chi connectivity index (χ2n) is 9.72. The van der Waals surface area contributed by atoms with Crippen LogP contribution in [0.25, 0.3) is 5.69 Å². The van der Waals surface area contributed by atoms with Gasteiger partial charge in [0, 0.05) is 35.8 Å². The summed E-state index contributed by atoms with van der Waals surface area (Å²) in [6.45, 7) is 5.31. The first-order valence-electron chi connectivity index (χ1n) is 12.3. The first-order chi connectivity index (χ1) is 18.7. The standard InChI is InChI=1S/C27H26Cl2F3N5O3/c1-13(2)34-26-35-21-12-36(24(39)16-5-7-19(28)18(10-16)27(30,31)32)14(3)9-17(21)25(40)37(26)22-8-6-15(11-20(22)29)23(38)33-4/h5-8,10-11,13-14H,9,12H2,1-4H3,(H,33,38)(H,34,35)/t14-/m1/s1. The number of halogens is 5. The van der Waals surface area contributed by atoms with Gasteiger partial charge in [-0.05, 0) is 63.6 Å². The van der Waals surface area contributed by atoms with Gasteiger partial charge in [0.2, 0.25) is 5.95 Å². The van der Waals surface area contributed by atoms with Crippen LogP contribution in [-0.4, -0.2) is 45.4 Å². The summed E-state index contributed by atoms with van der Waals surface area (Å²) in [7, 11) is 1.49. The summed E-state index contributed by atoms with van der Waals surface area (Å²) < 4.78 is 41.5. The number of benzene rings is 2. The highest BCUT2D eigenvalue weighted by Crippen LogP contribution is 2.36. The van der Waals surface area contributed by atoms with E-state index in [0.29, 0.717) is 22.5 Å². The molecule has 1 aromatic heterocycles. The van der Waals surface area contributed by atoms with Gasteiger partial charge in [-0.25, -0.2) is 9.55 Å². The highest BCUT2D eigenvalue weighted by Gasteiger charge is 2.36. The lowest BCUT2D eigenvalue weighted by Crippen LogP contribution is -2.46. The number of hydrogen-bond donors (Lipinski definition) is 2. The van der Waals surface area contributed by atoms with Crippen molar-refractivity contribution in [3.63, 3.8) is 0 Å². The van der Waals surface area contributed by atoms with Crippen molar-refractivity contribution < 1.29 is 22.8 Å². The van der Waals surface area contributed by atoms with Crippen LogP contribution in [0.2, 0.25) is 10.0 Å². The van der Waals surface area contributed by atoms with Crippen LogP contribution in [0.4, 0.5) is 19.1 Å². The molecule has 2 N–H and O–H groups in total. The number of carbonyl (C=O) groups is 2.